The second-order valence-electron chi connectivity index (χ2n) is 7.54. The van der Waals surface area contributed by atoms with Gasteiger partial charge in [0.2, 0.25) is 0 Å². The number of carbonyl (C=O) groups excluding carboxylic acids is 1. The van der Waals surface area contributed by atoms with E-state index in [1.807, 2.05) is 45.9 Å². The van der Waals surface area contributed by atoms with Crippen LogP contribution in [0.2, 0.25) is 0 Å². The van der Waals surface area contributed by atoms with E-state index in [9.17, 15) is 9.59 Å². The van der Waals surface area contributed by atoms with Crippen molar-refractivity contribution in [2.75, 3.05) is 7.11 Å². The molecule has 2 aromatic carbocycles. The minimum absolute atomic E-state index is 0.0227. The van der Waals surface area contributed by atoms with Crippen LogP contribution in [0.25, 0.3) is 17.0 Å². The molecule has 3 rings (SSSR count). The lowest BCUT2D eigenvalue weighted by Gasteiger charge is -2.13. The zero-order valence-corrected chi connectivity index (χ0v) is 18.4. The molecule has 0 N–H and O–H groups in total. The molecule has 0 bridgehead atoms. The maximum atomic E-state index is 12.2. The molecule has 6 nitrogen and oxygen atoms in total. The van der Waals surface area contributed by atoms with Gasteiger partial charge in [0.1, 0.15) is 12.2 Å². The second kappa shape index (κ2) is 9.51. The third kappa shape index (κ3) is 5.54. The smallest absolute Gasteiger partial charge is 0.336 e. The third-order valence-corrected chi connectivity index (χ3v) is 4.78. The fourth-order valence-electron chi connectivity index (χ4n) is 3.10. The minimum Gasteiger partial charge on any atom is -0.493 e. The first-order chi connectivity index (χ1) is 14.8. The molecule has 1 aromatic heterocycles. The van der Waals surface area contributed by atoms with Gasteiger partial charge in [0.05, 0.1) is 13.2 Å². The van der Waals surface area contributed by atoms with Gasteiger partial charge >= 0.3 is 11.6 Å². The molecule has 0 unspecified atom stereocenters. The number of benzene rings is 2. The number of carbonyl (C=O) groups is 1. The molecule has 0 saturated heterocycles. The second-order valence-corrected chi connectivity index (χ2v) is 7.54. The lowest BCUT2D eigenvalue weighted by atomic mass is 10.0. The van der Waals surface area contributed by atoms with Crippen LogP contribution in [0.1, 0.15) is 36.1 Å². The van der Waals surface area contributed by atoms with Crippen molar-refractivity contribution >= 4 is 23.0 Å². The summed E-state index contributed by atoms with van der Waals surface area (Å²) in [6.45, 7) is 7.77. The summed E-state index contributed by atoms with van der Waals surface area (Å²) in [5.41, 5.74) is 3.46. The number of fused-ring (bicyclic) bond motifs is 1. The van der Waals surface area contributed by atoms with Crippen LogP contribution in [0.3, 0.4) is 0 Å². The summed E-state index contributed by atoms with van der Waals surface area (Å²) in [6.07, 6.45) is 2.99. The van der Waals surface area contributed by atoms with Crippen molar-refractivity contribution in [3.8, 4) is 11.5 Å². The number of ether oxygens (including phenoxy) is 3. The molecule has 0 amide bonds. The molecule has 0 saturated carbocycles. The Balaban J connectivity index is 1.73. The van der Waals surface area contributed by atoms with E-state index in [4.69, 9.17) is 18.6 Å². The molecule has 0 aliphatic rings. The Bertz CT molecular complexity index is 1190. The van der Waals surface area contributed by atoms with Crippen LogP contribution in [0.4, 0.5) is 0 Å². The fourth-order valence-corrected chi connectivity index (χ4v) is 3.10. The summed E-state index contributed by atoms with van der Waals surface area (Å²) >= 11 is 0. The summed E-state index contributed by atoms with van der Waals surface area (Å²) in [5, 5.41) is 0.755. The van der Waals surface area contributed by atoms with Crippen molar-refractivity contribution in [2.45, 2.75) is 40.4 Å². The predicted octanol–water partition coefficient (Wildman–Crippen LogP) is 4.96. The lowest BCUT2D eigenvalue weighted by molar-refractivity contribution is -0.138. The molecule has 31 heavy (non-hydrogen) atoms. The maximum absolute atomic E-state index is 12.2. The van der Waals surface area contributed by atoms with E-state index < -0.39 is 11.6 Å². The average molecular weight is 422 g/mol. The van der Waals surface area contributed by atoms with Crippen LogP contribution < -0.4 is 15.1 Å². The number of aryl methyl sites for hydroxylation is 2. The van der Waals surface area contributed by atoms with E-state index in [1.165, 1.54) is 12.1 Å². The van der Waals surface area contributed by atoms with Gasteiger partial charge < -0.3 is 18.6 Å². The molecule has 0 aliphatic carbocycles. The molecule has 0 aliphatic heterocycles. The average Bonchev–Trinajstić information content (AvgIpc) is 2.72. The van der Waals surface area contributed by atoms with Gasteiger partial charge in [-0.05, 0) is 74.7 Å². The molecule has 0 atom stereocenters. The van der Waals surface area contributed by atoms with Crippen molar-refractivity contribution in [1.29, 1.82) is 0 Å². The monoisotopic (exact) mass is 422 g/mol. The van der Waals surface area contributed by atoms with Gasteiger partial charge in [0.15, 0.2) is 11.5 Å². The van der Waals surface area contributed by atoms with Crippen molar-refractivity contribution in [2.24, 2.45) is 0 Å². The highest BCUT2D eigenvalue weighted by Gasteiger charge is 2.10. The van der Waals surface area contributed by atoms with Crippen LogP contribution in [-0.2, 0) is 16.1 Å². The summed E-state index contributed by atoms with van der Waals surface area (Å²) in [6, 6.07) is 10.5. The number of methoxy groups -OCH3 is 1. The minimum atomic E-state index is -0.522. The zero-order valence-electron chi connectivity index (χ0n) is 18.4. The Labute approximate surface area is 181 Å². The van der Waals surface area contributed by atoms with Crippen molar-refractivity contribution in [1.82, 2.24) is 0 Å². The highest BCUT2D eigenvalue weighted by molar-refractivity contribution is 5.87. The summed E-state index contributed by atoms with van der Waals surface area (Å²) in [7, 11) is 1.56. The lowest BCUT2D eigenvalue weighted by Crippen LogP contribution is -2.06. The number of hydrogen-bond acceptors (Lipinski definition) is 6. The van der Waals surface area contributed by atoms with Gasteiger partial charge in [-0.1, -0.05) is 6.07 Å². The molecule has 0 fully saturated rings. The molecule has 3 aromatic rings. The van der Waals surface area contributed by atoms with E-state index >= 15 is 0 Å². The quantitative estimate of drug-likeness (QED) is 0.304. The van der Waals surface area contributed by atoms with Crippen LogP contribution in [0.5, 0.6) is 11.5 Å². The molecule has 6 heteroatoms. The highest BCUT2D eigenvalue weighted by atomic mass is 16.5. The molecule has 0 spiro atoms. The van der Waals surface area contributed by atoms with Gasteiger partial charge in [-0.2, -0.15) is 0 Å². The van der Waals surface area contributed by atoms with Crippen molar-refractivity contribution in [3.05, 3.63) is 75.1 Å². The fraction of sp³-hybridized carbons (Fsp3) is 0.280. The first-order valence-corrected chi connectivity index (χ1v) is 10.0. The normalized spacial score (nSPS) is 11.3. The summed E-state index contributed by atoms with van der Waals surface area (Å²) in [5.74, 6) is 0.696. The molecule has 0 radical (unpaired) electrons. The number of esters is 1. The van der Waals surface area contributed by atoms with E-state index in [-0.39, 0.29) is 12.7 Å². The Morgan fingerprint density at radius 2 is 1.81 bits per heavy atom. The summed E-state index contributed by atoms with van der Waals surface area (Å²) in [4.78, 5) is 24.1. The molecular formula is C25H26O6. The predicted molar refractivity (Wildman–Crippen MR) is 120 cm³/mol. The van der Waals surface area contributed by atoms with Gasteiger partial charge in [0, 0.05) is 23.1 Å². The standard InChI is InChI=1S/C25H26O6/c1-15(2)30-21-8-6-18(12-23(21)28-5)7-9-24(26)29-14-19-13-25(27)31-22-11-17(4)16(3)10-20(19)22/h6-13,15H,14H2,1-5H3/b9-7+. The number of rotatable bonds is 7. The molecular weight excluding hydrogens is 396 g/mol. The van der Waals surface area contributed by atoms with Gasteiger partial charge in [0.25, 0.3) is 0 Å². The topological polar surface area (TPSA) is 75.0 Å². The largest absolute Gasteiger partial charge is 0.493 e. The third-order valence-electron chi connectivity index (χ3n) is 4.78. The van der Waals surface area contributed by atoms with E-state index in [2.05, 4.69) is 0 Å². The number of hydrogen-bond donors (Lipinski definition) is 0. The first kappa shape index (κ1) is 22.2. The Morgan fingerprint density at radius 3 is 2.52 bits per heavy atom. The SMILES string of the molecule is COc1cc(/C=C/C(=O)OCc2cc(=O)oc3cc(C)c(C)cc23)ccc1OC(C)C. The maximum Gasteiger partial charge on any atom is 0.336 e. The summed E-state index contributed by atoms with van der Waals surface area (Å²) < 4.78 is 21.7. The van der Waals surface area contributed by atoms with Gasteiger partial charge in [-0.25, -0.2) is 9.59 Å². The zero-order chi connectivity index (χ0) is 22.5. The van der Waals surface area contributed by atoms with Gasteiger partial charge in [-0.15, -0.1) is 0 Å². The van der Waals surface area contributed by atoms with Crippen molar-refractivity contribution in [3.63, 3.8) is 0 Å². The van der Waals surface area contributed by atoms with E-state index in [0.29, 0.717) is 22.6 Å². The van der Waals surface area contributed by atoms with Crippen molar-refractivity contribution < 1.29 is 23.4 Å². The van der Waals surface area contributed by atoms with Gasteiger partial charge in [-0.3, -0.25) is 0 Å². The Morgan fingerprint density at radius 1 is 1.06 bits per heavy atom. The molecule has 162 valence electrons. The molecule has 1 heterocycles. The highest BCUT2D eigenvalue weighted by Crippen LogP contribution is 2.29. The van der Waals surface area contributed by atoms with Crippen LogP contribution in [0, 0.1) is 13.8 Å². The van der Waals surface area contributed by atoms with E-state index in [0.717, 1.165) is 22.1 Å². The van der Waals surface area contributed by atoms with Crippen LogP contribution in [-0.4, -0.2) is 19.2 Å². The van der Waals surface area contributed by atoms with Crippen LogP contribution in [0.15, 0.2) is 51.7 Å². The van der Waals surface area contributed by atoms with Crippen LogP contribution >= 0.6 is 0 Å². The first-order valence-electron chi connectivity index (χ1n) is 10.0. The Kier molecular flexibility index (Phi) is 6.80. The van der Waals surface area contributed by atoms with E-state index in [1.54, 1.807) is 25.3 Å². The Hall–Kier alpha value is -3.54.